The number of hydrogen-bond acceptors (Lipinski definition) is 6. The van der Waals surface area contributed by atoms with Gasteiger partial charge in [0.2, 0.25) is 0 Å². The van der Waals surface area contributed by atoms with Crippen molar-refractivity contribution in [2.24, 2.45) is 4.99 Å². The van der Waals surface area contributed by atoms with Crippen LogP contribution >= 0.6 is 11.3 Å². The van der Waals surface area contributed by atoms with Gasteiger partial charge in [0.05, 0.1) is 32.5 Å². The molecule has 0 saturated heterocycles. The Balaban J connectivity index is 2.14. The highest BCUT2D eigenvalue weighted by Gasteiger charge is 2.14. The van der Waals surface area contributed by atoms with Crippen LogP contribution in [0.5, 0.6) is 11.5 Å². The fourth-order valence-electron chi connectivity index (χ4n) is 2.52. The number of rotatable bonds is 8. The number of thiazole rings is 1. The van der Waals surface area contributed by atoms with E-state index in [4.69, 9.17) is 9.47 Å². The lowest BCUT2D eigenvalue weighted by Gasteiger charge is -2.20. The summed E-state index contributed by atoms with van der Waals surface area (Å²) in [5, 5.41) is 9.73. The van der Waals surface area contributed by atoms with Crippen LogP contribution in [-0.2, 0) is 6.54 Å². The second-order valence-corrected chi connectivity index (χ2v) is 7.02. The fraction of sp³-hybridized carbons (Fsp3) is 0.474. The molecule has 0 fully saturated rings. The molecule has 1 heterocycles. The molecule has 2 rings (SSSR count). The van der Waals surface area contributed by atoms with Crippen molar-refractivity contribution in [1.82, 2.24) is 15.6 Å². The van der Waals surface area contributed by atoms with Crippen LogP contribution in [0, 0.1) is 0 Å². The van der Waals surface area contributed by atoms with E-state index < -0.39 is 0 Å². The molecule has 1 unspecified atom stereocenters. The normalized spacial score (nSPS) is 12.4. The molecule has 0 saturated carbocycles. The van der Waals surface area contributed by atoms with E-state index in [9.17, 15) is 0 Å². The summed E-state index contributed by atoms with van der Waals surface area (Å²) in [6.45, 7) is 5.40. The van der Waals surface area contributed by atoms with Crippen molar-refractivity contribution in [3.63, 3.8) is 0 Å². The van der Waals surface area contributed by atoms with Crippen LogP contribution in [0.3, 0.4) is 0 Å². The number of guanidine groups is 1. The summed E-state index contributed by atoms with van der Waals surface area (Å²) in [5.74, 6) is 2.33. The van der Waals surface area contributed by atoms with Gasteiger partial charge in [-0.25, -0.2) is 9.98 Å². The minimum atomic E-state index is -0.0133. The molecule has 0 bridgehead atoms. The Morgan fingerprint density at radius 3 is 2.67 bits per heavy atom. The minimum absolute atomic E-state index is 0.0133. The van der Waals surface area contributed by atoms with Crippen LogP contribution in [-0.4, -0.2) is 45.8 Å². The van der Waals surface area contributed by atoms with Crippen molar-refractivity contribution in [2.75, 3.05) is 39.8 Å². The molecule has 2 N–H and O–H groups in total. The minimum Gasteiger partial charge on any atom is -0.497 e. The average Bonchev–Trinajstić information content (AvgIpc) is 3.15. The molecular weight excluding hydrogens is 362 g/mol. The Labute approximate surface area is 165 Å². The summed E-state index contributed by atoms with van der Waals surface area (Å²) < 4.78 is 10.8. The molecule has 0 aliphatic heterocycles. The smallest absolute Gasteiger partial charge is 0.192 e. The zero-order valence-corrected chi connectivity index (χ0v) is 17.7. The second-order valence-electron chi connectivity index (χ2n) is 6.18. The van der Waals surface area contributed by atoms with Gasteiger partial charge in [0.1, 0.15) is 11.5 Å². The molecule has 1 aromatic carbocycles. The van der Waals surface area contributed by atoms with E-state index in [0.717, 1.165) is 40.4 Å². The van der Waals surface area contributed by atoms with Crippen molar-refractivity contribution < 1.29 is 9.47 Å². The van der Waals surface area contributed by atoms with E-state index in [1.807, 2.05) is 49.5 Å². The van der Waals surface area contributed by atoms with Crippen LogP contribution in [0.25, 0.3) is 0 Å². The van der Waals surface area contributed by atoms with Gasteiger partial charge in [0, 0.05) is 31.6 Å². The maximum atomic E-state index is 5.49. The molecule has 1 atom stereocenters. The lowest BCUT2D eigenvalue weighted by atomic mass is 10.1. The van der Waals surface area contributed by atoms with Crippen LogP contribution in [0.15, 0.2) is 28.6 Å². The predicted molar refractivity (Wildman–Crippen MR) is 112 cm³/mol. The highest BCUT2D eigenvalue weighted by Crippen LogP contribution is 2.29. The van der Waals surface area contributed by atoms with E-state index in [0.29, 0.717) is 6.54 Å². The Bertz CT molecular complexity index is 760. The Morgan fingerprint density at radius 2 is 2.07 bits per heavy atom. The number of hydrogen-bond donors (Lipinski definition) is 2. The molecule has 0 amide bonds. The third-order valence-electron chi connectivity index (χ3n) is 3.92. The largest absolute Gasteiger partial charge is 0.497 e. The van der Waals surface area contributed by atoms with Gasteiger partial charge < -0.3 is 25.0 Å². The zero-order valence-electron chi connectivity index (χ0n) is 16.9. The molecule has 1 aromatic heterocycles. The Hall–Kier alpha value is -2.48. The predicted octanol–water partition coefficient (Wildman–Crippen LogP) is 3.04. The molecule has 148 valence electrons. The monoisotopic (exact) mass is 391 g/mol. The van der Waals surface area contributed by atoms with Crippen molar-refractivity contribution in [1.29, 1.82) is 0 Å². The quantitative estimate of drug-likeness (QED) is 0.532. The topological polar surface area (TPSA) is 71.0 Å². The summed E-state index contributed by atoms with van der Waals surface area (Å²) in [6.07, 6.45) is 0. The van der Waals surface area contributed by atoms with Gasteiger partial charge in [-0.05, 0) is 32.0 Å². The molecule has 0 radical (unpaired) electrons. The van der Waals surface area contributed by atoms with Gasteiger partial charge in [-0.1, -0.05) is 0 Å². The lowest BCUT2D eigenvalue weighted by Crippen LogP contribution is -2.38. The molecule has 0 spiro atoms. The zero-order chi connectivity index (χ0) is 19.8. The lowest BCUT2D eigenvalue weighted by molar-refractivity contribution is 0.394. The first-order valence-electron chi connectivity index (χ1n) is 8.87. The van der Waals surface area contributed by atoms with Crippen LogP contribution in [0.1, 0.15) is 31.1 Å². The number of nitrogens with one attached hydrogen (secondary N) is 2. The van der Waals surface area contributed by atoms with Gasteiger partial charge in [0.25, 0.3) is 0 Å². The standard InChI is InChI=1S/C19H29N5O2S/c1-7-20-18(21-11-14-12-27-19(23-14)24(3)4)22-13(2)16-10-15(25-5)8-9-17(16)26-6/h8-10,12-13H,7,11H2,1-6H3,(H2,20,21,22). The van der Waals surface area contributed by atoms with E-state index >= 15 is 0 Å². The first-order valence-corrected chi connectivity index (χ1v) is 9.74. The van der Waals surface area contributed by atoms with Gasteiger partial charge in [-0.15, -0.1) is 11.3 Å². The van der Waals surface area contributed by atoms with Crippen LogP contribution < -0.4 is 25.0 Å². The maximum absolute atomic E-state index is 5.49. The van der Waals surface area contributed by atoms with Crippen molar-refractivity contribution in [3.05, 3.63) is 34.8 Å². The van der Waals surface area contributed by atoms with Gasteiger partial charge in [0.15, 0.2) is 11.1 Å². The molecular formula is C19H29N5O2S. The highest BCUT2D eigenvalue weighted by atomic mass is 32.1. The summed E-state index contributed by atoms with van der Waals surface area (Å²) in [7, 11) is 7.30. The Kier molecular flexibility index (Phi) is 7.72. The first kappa shape index (κ1) is 20.8. The molecule has 27 heavy (non-hydrogen) atoms. The summed E-state index contributed by atoms with van der Waals surface area (Å²) >= 11 is 1.62. The number of methoxy groups -OCH3 is 2. The average molecular weight is 392 g/mol. The number of benzene rings is 1. The summed E-state index contributed by atoms with van der Waals surface area (Å²) in [6, 6.07) is 5.76. The number of aromatic nitrogens is 1. The molecule has 8 heteroatoms. The maximum Gasteiger partial charge on any atom is 0.192 e. The number of anilines is 1. The van der Waals surface area contributed by atoms with Gasteiger partial charge in [-0.3, -0.25) is 0 Å². The number of ether oxygens (including phenoxy) is 2. The highest BCUT2D eigenvalue weighted by molar-refractivity contribution is 7.13. The van der Waals surface area contributed by atoms with Crippen molar-refractivity contribution in [2.45, 2.75) is 26.4 Å². The first-order chi connectivity index (χ1) is 13.0. The number of aliphatic imine (C=N–C) groups is 1. The van der Waals surface area contributed by atoms with E-state index in [-0.39, 0.29) is 6.04 Å². The number of nitrogens with zero attached hydrogens (tertiary/aromatic N) is 3. The summed E-state index contributed by atoms with van der Waals surface area (Å²) in [4.78, 5) is 11.2. The summed E-state index contributed by atoms with van der Waals surface area (Å²) in [5.41, 5.74) is 1.96. The van der Waals surface area contributed by atoms with Crippen LogP contribution in [0.4, 0.5) is 5.13 Å². The molecule has 7 nitrogen and oxygen atoms in total. The molecule has 0 aliphatic rings. The van der Waals surface area contributed by atoms with E-state index in [1.54, 1.807) is 25.6 Å². The van der Waals surface area contributed by atoms with Crippen LogP contribution in [0.2, 0.25) is 0 Å². The van der Waals surface area contributed by atoms with Gasteiger partial charge >= 0.3 is 0 Å². The van der Waals surface area contributed by atoms with Crippen molar-refractivity contribution >= 4 is 22.4 Å². The fourth-order valence-corrected chi connectivity index (χ4v) is 3.26. The second kappa shape index (κ2) is 10.0. The van der Waals surface area contributed by atoms with Gasteiger partial charge in [-0.2, -0.15) is 0 Å². The van der Waals surface area contributed by atoms with Crippen molar-refractivity contribution in [3.8, 4) is 11.5 Å². The van der Waals surface area contributed by atoms with E-state index in [1.165, 1.54) is 0 Å². The molecule has 2 aromatic rings. The Morgan fingerprint density at radius 1 is 1.30 bits per heavy atom. The SMILES string of the molecule is CCNC(=NCc1csc(N(C)C)n1)NC(C)c1cc(OC)ccc1OC. The van der Waals surface area contributed by atoms with E-state index in [2.05, 4.69) is 27.5 Å². The third-order valence-corrected chi connectivity index (χ3v) is 4.98. The molecule has 0 aliphatic carbocycles. The third kappa shape index (κ3) is 5.75.